The molecule has 1 aliphatic heterocycles. The van der Waals surface area contributed by atoms with Crippen LogP contribution in [0.5, 0.6) is 0 Å². The normalized spacial score (nSPS) is 23.1. The molecule has 6 N–H and O–H groups in total. The van der Waals surface area contributed by atoms with Crippen LogP contribution in [0.1, 0.15) is 123 Å². The molecule has 1 amide bonds. The first-order valence-electron chi connectivity index (χ1n) is 19.2. The first-order chi connectivity index (χ1) is 24.3. The lowest BCUT2D eigenvalue weighted by molar-refractivity contribution is -0.302. The molecule has 1 aliphatic rings. The Morgan fingerprint density at radius 1 is 0.700 bits per heavy atom. The number of hydrogen-bond acceptors (Lipinski definition) is 8. The number of rotatable bonds is 29. The monoisotopic (exact) mass is 704 g/mol. The van der Waals surface area contributed by atoms with Gasteiger partial charge in [-0.25, -0.2) is 0 Å². The van der Waals surface area contributed by atoms with Crippen molar-refractivity contribution >= 4 is 5.91 Å². The van der Waals surface area contributed by atoms with E-state index >= 15 is 0 Å². The van der Waals surface area contributed by atoms with Crippen molar-refractivity contribution in [3.8, 4) is 0 Å². The molecule has 286 valence electrons. The highest BCUT2D eigenvalue weighted by Crippen LogP contribution is 2.22. The summed E-state index contributed by atoms with van der Waals surface area (Å²) < 4.78 is 11.1. The van der Waals surface area contributed by atoms with E-state index in [1.807, 2.05) is 18.2 Å². The lowest BCUT2D eigenvalue weighted by Gasteiger charge is -2.40. The van der Waals surface area contributed by atoms with Crippen molar-refractivity contribution in [3.05, 3.63) is 72.9 Å². The highest BCUT2D eigenvalue weighted by molar-refractivity contribution is 5.77. The smallest absolute Gasteiger partial charge is 0.224 e. The average Bonchev–Trinajstić information content (AvgIpc) is 3.11. The van der Waals surface area contributed by atoms with Gasteiger partial charge in [0.25, 0.3) is 0 Å². The second-order valence-corrected chi connectivity index (χ2v) is 13.0. The first kappa shape index (κ1) is 45.7. The minimum atomic E-state index is -1.58. The van der Waals surface area contributed by atoms with Gasteiger partial charge in [-0.1, -0.05) is 145 Å². The predicted octanol–water partition coefficient (Wildman–Crippen LogP) is 6.66. The molecule has 0 radical (unpaired) electrons. The molecular formula is C41H69NO8. The minimum absolute atomic E-state index is 0.110. The molecule has 0 saturated carbocycles. The van der Waals surface area contributed by atoms with Crippen molar-refractivity contribution in [3.63, 3.8) is 0 Å². The Bertz CT molecular complexity index is 1000. The summed E-state index contributed by atoms with van der Waals surface area (Å²) in [5, 5.41) is 53.8. The van der Waals surface area contributed by atoms with Crippen LogP contribution in [0.15, 0.2) is 72.9 Å². The predicted molar refractivity (Wildman–Crippen MR) is 202 cm³/mol. The van der Waals surface area contributed by atoms with E-state index in [2.05, 4.69) is 61.7 Å². The third-order valence-corrected chi connectivity index (χ3v) is 8.57. The van der Waals surface area contributed by atoms with Gasteiger partial charge in [-0.2, -0.15) is 0 Å². The van der Waals surface area contributed by atoms with E-state index < -0.39 is 49.5 Å². The van der Waals surface area contributed by atoms with Crippen LogP contribution in [0, 0.1) is 0 Å². The Morgan fingerprint density at radius 2 is 1.22 bits per heavy atom. The van der Waals surface area contributed by atoms with E-state index in [-0.39, 0.29) is 18.9 Å². The van der Waals surface area contributed by atoms with E-state index in [0.29, 0.717) is 6.42 Å². The molecule has 9 heteroatoms. The molecule has 0 spiro atoms. The second-order valence-electron chi connectivity index (χ2n) is 13.0. The number of aliphatic hydroxyl groups is 5. The highest BCUT2D eigenvalue weighted by Gasteiger charge is 2.44. The molecule has 1 fully saturated rings. The fourth-order valence-electron chi connectivity index (χ4n) is 5.46. The molecule has 9 nitrogen and oxygen atoms in total. The zero-order chi connectivity index (χ0) is 36.7. The molecule has 1 rings (SSSR count). The van der Waals surface area contributed by atoms with Crippen molar-refractivity contribution in [2.24, 2.45) is 0 Å². The molecule has 1 saturated heterocycles. The molecular weight excluding hydrogens is 634 g/mol. The van der Waals surface area contributed by atoms with Crippen LogP contribution in [0.25, 0.3) is 0 Å². The summed E-state index contributed by atoms with van der Waals surface area (Å²) in [5.41, 5.74) is 0. The number of nitrogens with one attached hydrogen (secondary N) is 1. The molecule has 0 aromatic heterocycles. The number of amides is 1. The largest absolute Gasteiger partial charge is 0.394 e. The average molecular weight is 704 g/mol. The van der Waals surface area contributed by atoms with Gasteiger partial charge in [-0.05, 0) is 44.9 Å². The van der Waals surface area contributed by atoms with Crippen molar-refractivity contribution in [2.45, 2.75) is 166 Å². The van der Waals surface area contributed by atoms with E-state index in [1.54, 1.807) is 12.2 Å². The fourth-order valence-corrected chi connectivity index (χ4v) is 5.46. The topological polar surface area (TPSA) is 149 Å². The Kier molecular flexibility index (Phi) is 28.6. The van der Waals surface area contributed by atoms with E-state index in [9.17, 15) is 30.3 Å². The van der Waals surface area contributed by atoms with E-state index in [0.717, 1.165) is 44.9 Å². The number of unbranched alkanes of at least 4 members (excludes halogenated alkanes) is 10. The van der Waals surface area contributed by atoms with Gasteiger partial charge in [0, 0.05) is 6.42 Å². The zero-order valence-corrected chi connectivity index (χ0v) is 30.9. The van der Waals surface area contributed by atoms with Crippen molar-refractivity contribution in [1.29, 1.82) is 0 Å². The maximum Gasteiger partial charge on any atom is 0.224 e. The summed E-state index contributed by atoms with van der Waals surface area (Å²) in [6, 6.07) is -0.860. The lowest BCUT2D eigenvalue weighted by atomic mass is 9.99. The van der Waals surface area contributed by atoms with Gasteiger partial charge in [0.1, 0.15) is 24.4 Å². The summed E-state index contributed by atoms with van der Waals surface area (Å²) in [7, 11) is 0. The number of allylic oxidation sites excluding steroid dienone is 10. The van der Waals surface area contributed by atoms with Gasteiger partial charge in [-0.15, -0.1) is 0 Å². The maximum absolute atomic E-state index is 12.8. The molecule has 0 bridgehead atoms. The highest BCUT2D eigenvalue weighted by atomic mass is 16.7. The van der Waals surface area contributed by atoms with Crippen LogP contribution in [0.3, 0.4) is 0 Å². The van der Waals surface area contributed by atoms with E-state index in [4.69, 9.17) is 9.47 Å². The molecule has 50 heavy (non-hydrogen) atoms. The Labute approximate surface area is 302 Å². The van der Waals surface area contributed by atoms with E-state index in [1.165, 1.54) is 51.4 Å². The Morgan fingerprint density at radius 3 is 1.76 bits per heavy atom. The van der Waals surface area contributed by atoms with Crippen LogP contribution >= 0.6 is 0 Å². The van der Waals surface area contributed by atoms with Gasteiger partial charge in [0.2, 0.25) is 5.91 Å². The van der Waals surface area contributed by atoms with Crippen LogP contribution in [0.2, 0.25) is 0 Å². The van der Waals surface area contributed by atoms with Crippen LogP contribution in [-0.4, -0.2) is 87.5 Å². The first-order valence-corrected chi connectivity index (χ1v) is 19.2. The Hall–Kier alpha value is -2.37. The van der Waals surface area contributed by atoms with Gasteiger partial charge in [0.05, 0.1) is 25.4 Å². The number of aliphatic hydroxyl groups excluding tert-OH is 5. The Balaban J connectivity index is 2.55. The van der Waals surface area contributed by atoms with Crippen molar-refractivity contribution in [1.82, 2.24) is 5.32 Å². The molecule has 7 atom stereocenters. The molecule has 7 unspecified atom stereocenters. The van der Waals surface area contributed by atoms with Crippen LogP contribution < -0.4 is 5.32 Å². The number of hydrogen-bond donors (Lipinski definition) is 6. The SMILES string of the molecule is CC/C=C\C/C=C\C/C=C\C/C=C\C/C=C\CC(=O)NC(COC1OC(CO)C(O)C(O)C1O)C(O)/C=C/CCCCCCCCCCCC. The zero-order valence-electron chi connectivity index (χ0n) is 30.9. The number of carbonyl (C=O) groups is 1. The lowest BCUT2D eigenvalue weighted by Crippen LogP contribution is -2.60. The fraction of sp³-hybridized carbons (Fsp3) is 0.683. The number of ether oxygens (including phenoxy) is 2. The minimum Gasteiger partial charge on any atom is -0.394 e. The van der Waals surface area contributed by atoms with Crippen LogP contribution in [0.4, 0.5) is 0 Å². The second kappa shape index (κ2) is 31.4. The molecule has 0 aliphatic carbocycles. The summed E-state index contributed by atoms with van der Waals surface area (Å²) in [5.74, 6) is -0.309. The maximum atomic E-state index is 12.8. The van der Waals surface area contributed by atoms with Gasteiger partial charge >= 0.3 is 0 Å². The molecule has 0 aromatic rings. The van der Waals surface area contributed by atoms with Crippen molar-refractivity contribution < 1.29 is 39.8 Å². The summed E-state index contributed by atoms with van der Waals surface area (Å²) in [4.78, 5) is 12.8. The quantitative estimate of drug-likeness (QED) is 0.0375. The van der Waals surface area contributed by atoms with Crippen molar-refractivity contribution in [2.75, 3.05) is 13.2 Å². The molecule has 1 heterocycles. The summed E-state index contributed by atoms with van der Waals surface area (Å²) in [6.07, 6.45) is 33.9. The van der Waals surface area contributed by atoms with Gasteiger partial charge in [0.15, 0.2) is 6.29 Å². The summed E-state index contributed by atoms with van der Waals surface area (Å²) >= 11 is 0. The standard InChI is InChI=1S/C41H69NO8/c1-3-5-7-9-11-13-15-17-18-19-21-23-25-27-29-31-37(45)42-34(33-49-41-40(48)39(47)38(46)36(32-43)50-41)35(44)30-28-26-24-22-20-16-14-12-10-8-6-4-2/h5,7,11,13,17-18,21,23,27-30,34-36,38-41,43-44,46-48H,3-4,6,8-10,12,14-16,19-20,22,24-26,31-33H2,1-2H3,(H,42,45)/b7-5-,13-11-,18-17-,23-21-,29-27-,30-28+. The van der Waals surface area contributed by atoms with Gasteiger partial charge in [-0.3, -0.25) is 4.79 Å². The third kappa shape index (κ3) is 22.4. The third-order valence-electron chi connectivity index (χ3n) is 8.57. The summed E-state index contributed by atoms with van der Waals surface area (Å²) in [6.45, 7) is 3.55. The van der Waals surface area contributed by atoms with Gasteiger partial charge < -0.3 is 40.3 Å². The number of carbonyl (C=O) groups excluding carboxylic acids is 1. The molecule has 0 aromatic carbocycles. The van der Waals surface area contributed by atoms with Crippen LogP contribution in [-0.2, 0) is 14.3 Å².